The van der Waals surface area contributed by atoms with Crippen LogP contribution in [0.2, 0.25) is 0 Å². The fourth-order valence-corrected chi connectivity index (χ4v) is 1.64. The second-order valence-electron chi connectivity index (χ2n) is 4.22. The summed E-state index contributed by atoms with van der Waals surface area (Å²) in [5.74, 6) is -1.60. The quantitative estimate of drug-likeness (QED) is 0.702. The van der Waals surface area contributed by atoms with Gasteiger partial charge in [0.2, 0.25) is 0 Å². The maximum atomic E-state index is 13.7. The number of nitrogens with one attached hydrogen (secondary N) is 1. The summed E-state index contributed by atoms with van der Waals surface area (Å²) in [7, 11) is 1.61. The van der Waals surface area contributed by atoms with Crippen LogP contribution >= 0.6 is 0 Å². The van der Waals surface area contributed by atoms with E-state index in [0.29, 0.717) is 25.1 Å². The Morgan fingerprint density at radius 1 is 1.11 bits per heavy atom. The smallest absolute Gasteiger partial charge is 0.190 e. The third-order valence-corrected chi connectivity index (χ3v) is 2.63. The van der Waals surface area contributed by atoms with Crippen molar-refractivity contribution in [1.29, 1.82) is 0 Å². The molecule has 0 aliphatic carbocycles. The lowest BCUT2D eigenvalue weighted by Gasteiger charge is -2.10. The van der Waals surface area contributed by atoms with E-state index in [1.54, 1.807) is 7.11 Å². The standard InChI is InChI=1S/C14H21F2NO2/c1-3-17-10-11-8-12(15)14(13(16)9-11)19-7-5-4-6-18-2/h8-9,17H,3-7,10H2,1-2H3. The molecule has 0 amide bonds. The fourth-order valence-electron chi connectivity index (χ4n) is 1.64. The molecule has 1 rings (SSSR count). The highest BCUT2D eigenvalue weighted by Gasteiger charge is 2.12. The Labute approximate surface area is 112 Å². The van der Waals surface area contributed by atoms with E-state index in [4.69, 9.17) is 9.47 Å². The van der Waals surface area contributed by atoms with Crippen LogP contribution in [0.4, 0.5) is 8.78 Å². The van der Waals surface area contributed by atoms with E-state index in [1.165, 1.54) is 12.1 Å². The third kappa shape index (κ3) is 5.53. The molecule has 0 atom stereocenters. The van der Waals surface area contributed by atoms with Crippen LogP contribution in [0.1, 0.15) is 25.3 Å². The zero-order valence-electron chi connectivity index (χ0n) is 11.5. The van der Waals surface area contributed by atoms with E-state index in [1.807, 2.05) is 6.92 Å². The molecule has 1 aromatic carbocycles. The Morgan fingerprint density at radius 3 is 2.32 bits per heavy atom. The number of unbranched alkanes of at least 4 members (excludes halogenated alkanes) is 1. The number of hydrogen-bond donors (Lipinski definition) is 1. The van der Waals surface area contributed by atoms with Crippen molar-refractivity contribution in [3.8, 4) is 5.75 Å². The molecule has 0 spiro atoms. The Balaban J connectivity index is 2.53. The molecule has 0 radical (unpaired) electrons. The van der Waals surface area contributed by atoms with E-state index >= 15 is 0 Å². The van der Waals surface area contributed by atoms with Crippen molar-refractivity contribution >= 4 is 0 Å². The van der Waals surface area contributed by atoms with Gasteiger partial charge in [-0.15, -0.1) is 0 Å². The summed E-state index contributed by atoms with van der Waals surface area (Å²) in [6.07, 6.45) is 1.50. The monoisotopic (exact) mass is 273 g/mol. The normalized spacial score (nSPS) is 10.7. The van der Waals surface area contributed by atoms with Gasteiger partial charge in [-0.25, -0.2) is 8.78 Å². The molecule has 0 saturated heterocycles. The molecule has 0 fully saturated rings. The number of ether oxygens (including phenoxy) is 2. The van der Waals surface area contributed by atoms with Gasteiger partial charge < -0.3 is 14.8 Å². The highest BCUT2D eigenvalue weighted by molar-refractivity contribution is 5.31. The summed E-state index contributed by atoms with van der Waals surface area (Å²) in [5, 5.41) is 3.02. The number of benzene rings is 1. The van der Waals surface area contributed by atoms with Crippen LogP contribution in [0.25, 0.3) is 0 Å². The average Bonchev–Trinajstić information content (AvgIpc) is 2.38. The van der Waals surface area contributed by atoms with Crippen LogP contribution < -0.4 is 10.1 Å². The summed E-state index contributed by atoms with van der Waals surface area (Å²) < 4.78 is 37.4. The Morgan fingerprint density at radius 2 is 1.74 bits per heavy atom. The topological polar surface area (TPSA) is 30.5 Å². The SMILES string of the molecule is CCNCc1cc(F)c(OCCCCOC)c(F)c1. The summed E-state index contributed by atoms with van der Waals surface area (Å²) >= 11 is 0. The Bertz CT molecular complexity index is 363. The van der Waals surface area contributed by atoms with Gasteiger partial charge in [0.25, 0.3) is 0 Å². The van der Waals surface area contributed by atoms with Crippen LogP contribution in [-0.2, 0) is 11.3 Å². The predicted molar refractivity (Wildman–Crippen MR) is 70.3 cm³/mol. The van der Waals surface area contributed by atoms with E-state index in [0.717, 1.165) is 13.0 Å². The third-order valence-electron chi connectivity index (χ3n) is 2.63. The van der Waals surface area contributed by atoms with Crippen molar-refractivity contribution in [2.45, 2.75) is 26.3 Å². The molecule has 0 bridgehead atoms. The van der Waals surface area contributed by atoms with Crippen LogP contribution in [0, 0.1) is 11.6 Å². The lowest BCUT2D eigenvalue weighted by molar-refractivity contribution is 0.182. The zero-order chi connectivity index (χ0) is 14.1. The van der Waals surface area contributed by atoms with Gasteiger partial charge in [-0.05, 0) is 37.1 Å². The molecule has 5 heteroatoms. The Hall–Kier alpha value is -1.20. The summed E-state index contributed by atoms with van der Waals surface area (Å²) in [6, 6.07) is 2.60. The zero-order valence-corrected chi connectivity index (χ0v) is 11.5. The second-order valence-corrected chi connectivity index (χ2v) is 4.22. The number of halogens is 2. The highest BCUT2D eigenvalue weighted by Crippen LogP contribution is 2.23. The molecular weight excluding hydrogens is 252 g/mol. The van der Waals surface area contributed by atoms with Gasteiger partial charge in [0.1, 0.15) is 0 Å². The molecule has 1 aromatic rings. The van der Waals surface area contributed by atoms with E-state index < -0.39 is 11.6 Å². The number of methoxy groups -OCH3 is 1. The van der Waals surface area contributed by atoms with Crippen LogP contribution in [-0.4, -0.2) is 26.9 Å². The van der Waals surface area contributed by atoms with Gasteiger partial charge in [-0.2, -0.15) is 0 Å². The molecular formula is C14H21F2NO2. The van der Waals surface area contributed by atoms with Gasteiger partial charge >= 0.3 is 0 Å². The molecule has 0 unspecified atom stereocenters. The number of hydrogen-bond acceptors (Lipinski definition) is 3. The summed E-state index contributed by atoms with van der Waals surface area (Å²) in [4.78, 5) is 0. The molecule has 0 saturated carbocycles. The van der Waals surface area contributed by atoms with Crippen LogP contribution in [0.15, 0.2) is 12.1 Å². The van der Waals surface area contributed by atoms with Crippen molar-refractivity contribution < 1.29 is 18.3 Å². The lowest BCUT2D eigenvalue weighted by atomic mass is 10.2. The second kappa shape index (κ2) is 8.82. The van der Waals surface area contributed by atoms with Crippen molar-refractivity contribution in [3.05, 3.63) is 29.3 Å². The maximum Gasteiger partial charge on any atom is 0.190 e. The molecule has 19 heavy (non-hydrogen) atoms. The minimum atomic E-state index is -0.653. The van der Waals surface area contributed by atoms with Gasteiger partial charge in [0.05, 0.1) is 6.61 Å². The molecule has 0 heterocycles. The first-order chi connectivity index (χ1) is 9.19. The van der Waals surface area contributed by atoms with Gasteiger partial charge in [-0.3, -0.25) is 0 Å². The van der Waals surface area contributed by atoms with Crippen molar-refractivity contribution in [2.75, 3.05) is 26.9 Å². The minimum Gasteiger partial charge on any atom is -0.488 e. The first kappa shape index (κ1) is 15.9. The Kier molecular flexibility index (Phi) is 7.36. The molecule has 0 aliphatic rings. The average molecular weight is 273 g/mol. The van der Waals surface area contributed by atoms with Crippen molar-refractivity contribution in [1.82, 2.24) is 5.32 Å². The largest absolute Gasteiger partial charge is 0.488 e. The first-order valence-corrected chi connectivity index (χ1v) is 6.49. The summed E-state index contributed by atoms with van der Waals surface area (Å²) in [6.45, 7) is 4.03. The molecule has 108 valence electrons. The van der Waals surface area contributed by atoms with Crippen LogP contribution in [0.5, 0.6) is 5.75 Å². The van der Waals surface area contributed by atoms with E-state index in [2.05, 4.69) is 5.32 Å². The maximum absolute atomic E-state index is 13.7. The molecule has 1 N–H and O–H groups in total. The van der Waals surface area contributed by atoms with Gasteiger partial charge in [-0.1, -0.05) is 6.92 Å². The van der Waals surface area contributed by atoms with Gasteiger partial charge in [0, 0.05) is 20.3 Å². The molecule has 3 nitrogen and oxygen atoms in total. The van der Waals surface area contributed by atoms with Gasteiger partial charge in [0.15, 0.2) is 17.4 Å². The molecule has 0 aliphatic heterocycles. The fraction of sp³-hybridized carbons (Fsp3) is 0.571. The van der Waals surface area contributed by atoms with Crippen LogP contribution in [0.3, 0.4) is 0 Å². The lowest BCUT2D eigenvalue weighted by Crippen LogP contribution is -2.12. The van der Waals surface area contributed by atoms with Crippen molar-refractivity contribution in [2.24, 2.45) is 0 Å². The number of rotatable bonds is 9. The summed E-state index contributed by atoms with van der Waals surface area (Å²) in [5.41, 5.74) is 0.573. The van der Waals surface area contributed by atoms with Crippen molar-refractivity contribution in [3.63, 3.8) is 0 Å². The molecule has 0 aromatic heterocycles. The predicted octanol–water partition coefficient (Wildman–Crippen LogP) is 2.88. The van der Waals surface area contributed by atoms with E-state index in [-0.39, 0.29) is 12.4 Å². The minimum absolute atomic E-state index is 0.282. The first-order valence-electron chi connectivity index (χ1n) is 6.49. The highest BCUT2D eigenvalue weighted by atomic mass is 19.1. The van der Waals surface area contributed by atoms with E-state index in [9.17, 15) is 8.78 Å².